The van der Waals surface area contributed by atoms with E-state index in [1.807, 2.05) is 11.8 Å². The number of nitrogens with one attached hydrogen (secondary N) is 2. The third-order valence-corrected chi connectivity index (χ3v) is 6.73. The van der Waals surface area contributed by atoms with Crippen molar-refractivity contribution in [3.05, 3.63) is 45.7 Å². The van der Waals surface area contributed by atoms with Crippen molar-refractivity contribution < 1.29 is 14.0 Å². The molecule has 0 saturated carbocycles. The summed E-state index contributed by atoms with van der Waals surface area (Å²) in [4.78, 5) is 48.3. The van der Waals surface area contributed by atoms with Crippen LogP contribution in [-0.4, -0.2) is 46.0 Å². The molecule has 1 aromatic carbocycles. The fourth-order valence-electron chi connectivity index (χ4n) is 3.70. The molecule has 9 nitrogen and oxygen atoms in total. The fraction of sp³-hybridized carbons (Fsp3) is 0.381. The van der Waals surface area contributed by atoms with Crippen LogP contribution in [0, 0.1) is 11.7 Å². The summed E-state index contributed by atoms with van der Waals surface area (Å²) in [6.07, 6.45) is 2.91. The van der Waals surface area contributed by atoms with Gasteiger partial charge in [0.2, 0.25) is 11.8 Å². The van der Waals surface area contributed by atoms with E-state index in [0.717, 1.165) is 25.5 Å². The molecule has 1 fully saturated rings. The molecule has 0 unspecified atom stereocenters. The van der Waals surface area contributed by atoms with E-state index in [1.165, 1.54) is 34.4 Å². The van der Waals surface area contributed by atoms with Crippen LogP contribution < -0.4 is 21.1 Å². The molecule has 2 N–H and O–H groups in total. The van der Waals surface area contributed by atoms with Gasteiger partial charge < -0.3 is 15.5 Å². The fourth-order valence-corrected chi connectivity index (χ4v) is 4.87. The first-order chi connectivity index (χ1) is 15.9. The zero-order chi connectivity index (χ0) is 23.5. The van der Waals surface area contributed by atoms with Crippen molar-refractivity contribution in [2.75, 3.05) is 29.9 Å². The molecule has 3 heterocycles. The molecule has 33 heavy (non-hydrogen) atoms. The second-order valence-electron chi connectivity index (χ2n) is 7.68. The van der Waals surface area contributed by atoms with E-state index < -0.39 is 17.3 Å². The maximum absolute atomic E-state index is 13.4. The lowest BCUT2D eigenvalue weighted by atomic mass is 9.97. The van der Waals surface area contributed by atoms with Gasteiger partial charge in [0.1, 0.15) is 23.4 Å². The number of thiazole rings is 1. The molecule has 0 radical (unpaired) electrons. The quantitative estimate of drug-likeness (QED) is 0.547. The Morgan fingerprint density at radius 1 is 1.36 bits per heavy atom. The number of hydrogen-bond donors (Lipinski definition) is 2. The number of rotatable bonds is 6. The SMILES string of the molecule is CCNC(=O)[C@@H]1CCCN(c2nc3ncn(CC(=O)Nc4cc(F)ccc4Cl)c(=O)c3s2)C1. The van der Waals surface area contributed by atoms with Gasteiger partial charge in [-0.1, -0.05) is 22.9 Å². The molecular weight excluding hydrogens is 471 g/mol. The molecule has 1 aliphatic rings. The van der Waals surface area contributed by atoms with Gasteiger partial charge in [-0.25, -0.2) is 9.37 Å². The molecule has 1 aliphatic heterocycles. The van der Waals surface area contributed by atoms with Gasteiger partial charge >= 0.3 is 0 Å². The molecule has 0 spiro atoms. The number of fused-ring (bicyclic) bond motifs is 1. The van der Waals surface area contributed by atoms with E-state index in [-0.39, 0.29) is 29.1 Å². The Labute approximate surface area is 197 Å². The van der Waals surface area contributed by atoms with Crippen molar-refractivity contribution in [1.82, 2.24) is 19.9 Å². The normalized spacial score (nSPS) is 16.1. The van der Waals surface area contributed by atoms with Crippen LogP contribution in [0.1, 0.15) is 19.8 Å². The van der Waals surface area contributed by atoms with Gasteiger partial charge in [0, 0.05) is 19.6 Å². The van der Waals surface area contributed by atoms with Gasteiger partial charge in [-0.15, -0.1) is 0 Å². The van der Waals surface area contributed by atoms with Crippen molar-refractivity contribution in [2.45, 2.75) is 26.3 Å². The zero-order valence-electron chi connectivity index (χ0n) is 17.8. The highest BCUT2D eigenvalue weighted by atomic mass is 35.5. The molecule has 3 aromatic rings. The number of hydrogen-bond acceptors (Lipinski definition) is 7. The number of nitrogens with zero attached hydrogens (tertiary/aromatic N) is 4. The second kappa shape index (κ2) is 9.84. The predicted octanol–water partition coefficient (Wildman–Crippen LogP) is 2.64. The molecule has 12 heteroatoms. The summed E-state index contributed by atoms with van der Waals surface area (Å²) < 4.78 is 14.9. The van der Waals surface area contributed by atoms with Crippen LogP contribution in [0.4, 0.5) is 15.2 Å². The minimum atomic E-state index is -0.545. The number of piperidine rings is 1. The maximum Gasteiger partial charge on any atom is 0.273 e. The highest BCUT2D eigenvalue weighted by Crippen LogP contribution is 2.29. The minimum Gasteiger partial charge on any atom is -0.356 e. The summed E-state index contributed by atoms with van der Waals surface area (Å²) in [5.41, 5.74) is 0.0158. The lowest BCUT2D eigenvalue weighted by molar-refractivity contribution is -0.125. The molecular formula is C21H22ClFN6O3S. The molecule has 4 rings (SSSR count). The Hall–Kier alpha value is -3.05. The number of aromatic nitrogens is 3. The standard InChI is InChI=1S/C21H22ClFN6O3S/c1-2-24-19(31)12-4-3-7-28(9-12)21-27-18-17(33-21)20(32)29(11-25-18)10-16(30)26-15-8-13(23)5-6-14(15)22/h5-6,8,11-12H,2-4,7,9-10H2,1H3,(H,24,31)(H,26,30)/t12-/m1/s1. The molecule has 0 bridgehead atoms. The Balaban J connectivity index is 1.51. The monoisotopic (exact) mass is 492 g/mol. The lowest BCUT2D eigenvalue weighted by Gasteiger charge is -2.31. The Kier molecular flexibility index (Phi) is 6.89. The summed E-state index contributed by atoms with van der Waals surface area (Å²) in [5, 5.41) is 6.17. The number of carbonyl (C=O) groups is 2. The van der Waals surface area contributed by atoms with Crippen LogP contribution in [0.25, 0.3) is 10.3 Å². The summed E-state index contributed by atoms with van der Waals surface area (Å²) >= 11 is 7.17. The molecule has 174 valence electrons. The molecule has 0 aliphatic carbocycles. The average Bonchev–Trinajstić information content (AvgIpc) is 3.24. The molecule has 2 aromatic heterocycles. The first-order valence-electron chi connectivity index (χ1n) is 10.5. The Morgan fingerprint density at radius 3 is 2.97 bits per heavy atom. The lowest BCUT2D eigenvalue weighted by Crippen LogP contribution is -2.43. The van der Waals surface area contributed by atoms with Crippen molar-refractivity contribution in [3.63, 3.8) is 0 Å². The van der Waals surface area contributed by atoms with Gasteiger partial charge in [0.25, 0.3) is 5.56 Å². The Morgan fingerprint density at radius 2 is 2.18 bits per heavy atom. The van der Waals surface area contributed by atoms with E-state index in [9.17, 15) is 18.8 Å². The van der Waals surface area contributed by atoms with Gasteiger partial charge in [-0.3, -0.25) is 19.0 Å². The van der Waals surface area contributed by atoms with Crippen LogP contribution in [0.15, 0.2) is 29.3 Å². The van der Waals surface area contributed by atoms with Gasteiger partial charge in [-0.05, 0) is 38.0 Å². The first kappa shape index (κ1) is 23.1. The van der Waals surface area contributed by atoms with Gasteiger partial charge in [0.05, 0.1) is 16.6 Å². The molecule has 1 saturated heterocycles. The highest BCUT2D eigenvalue weighted by molar-refractivity contribution is 7.22. The van der Waals surface area contributed by atoms with E-state index in [2.05, 4.69) is 20.6 Å². The first-order valence-corrected chi connectivity index (χ1v) is 11.7. The van der Waals surface area contributed by atoms with Crippen LogP contribution in [0.5, 0.6) is 0 Å². The third kappa shape index (κ3) is 5.14. The van der Waals surface area contributed by atoms with Crippen molar-refractivity contribution in [2.24, 2.45) is 5.92 Å². The van der Waals surface area contributed by atoms with Crippen molar-refractivity contribution >= 4 is 55.9 Å². The van der Waals surface area contributed by atoms with Crippen molar-refractivity contribution in [1.29, 1.82) is 0 Å². The number of anilines is 2. The zero-order valence-corrected chi connectivity index (χ0v) is 19.4. The van der Waals surface area contributed by atoms with Crippen molar-refractivity contribution in [3.8, 4) is 0 Å². The van der Waals surface area contributed by atoms with E-state index in [0.29, 0.717) is 28.6 Å². The number of amides is 2. The Bertz CT molecular complexity index is 1260. The highest BCUT2D eigenvalue weighted by Gasteiger charge is 2.27. The molecule has 2 amide bonds. The smallest absolute Gasteiger partial charge is 0.273 e. The van der Waals surface area contributed by atoms with Gasteiger partial charge in [-0.2, -0.15) is 4.98 Å². The van der Waals surface area contributed by atoms with Crippen LogP contribution in [-0.2, 0) is 16.1 Å². The van der Waals surface area contributed by atoms with Crippen LogP contribution >= 0.6 is 22.9 Å². The number of halogens is 2. The van der Waals surface area contributed by atoms with Gasteiger partial charge in [0.15, 0.2) is 10.8 Å². The topological polar surface area (TPSA) is 109 Å². The van der Waals surface area contributed by atoms with E-state index >= 15 is 0 Å². The minimum absolute atomic E-state index is 0.0215. The van der Waals surface area contributed by atoms with Crippen LogP contribution in [0.3, 0.4) is 0 Å². The molecule has 1 atom stereocenters. The van der Waals surface area contributed by atoms with E-state index in [1.54, 1.807) is 0 Å². The average molecular weight is 493 g/mol. The van der Waals surface area contributed by atoms with E-state index in [4.69, 9.17) is 11.6 Å². The predicted molar refractivity (Wildman–Crippen MR) is 125 cm³/mol. The second-order valence-corrected chi connectivity index (χ2v) is 9.06. The summed E-state index contributed by atoms with van der Waals surface area (Å²) in [6, 6.07) is 3.62. The number of benzene rings is 1. The summed E-state index contributed by atoms with van der Waals surface area (Å²) in [5.74, 6) is -1.20. The maximum atomic E-state index is 13.4. The van der Waals surface area contributed by atoms with Crippen LogP contribution in [0.2, 0.25) is 5.02 Å². The third-order valence-electron chi connectivity index (χ3n) is 5.30. The largest absolute Gasteiger partial charge is 0.356 e. The summed E-state index contributed by atoms with van der Waals surface area (Å²) in [7, 11) is 0. The summed E-state index contributed by atoms with van der Waals surface area (Å²) in [6.45, 7) is 3.41. The number of carbonyl (C=O) groups excluding carboxylic acids is 2.